The van der Waals surface area contributed by atoms with Crippen molar-refractivity contribution in [3.8, 4) is 0 Å². The summed E-state index contributed by atoms with van der Waals surface area (Å²) in [6, 6.07) is 6.58. The Balaban J connectivity index is 2.16. The number of fused-ring (bicyclic) bond motifs is 1. The lowest BCUT2D eigenvalue weighted by molar-refractivity contribution is -0.0884. The minimum Gasteiger partial charge on any atom is -0.358 e. The normalized spacial score (nSPS) is 19.6. The molecule has 1 aliphatic heterocycles. The number of benzene rings is 1. The Morgan fingerprint density at radius 3 is 2.70 bits per heavy atom. The van der Waals surface area contributed by atoms with Gasteiger partial charge in [-0.1, -0.05) is 18.2 Å². The molecule has 1 fully saturated rings. The van der Waals surface area contributed by atoms with Gasteiger partial charge in [0.1, 0.15) is 6.23 Å². The van der Waals surface area contributed by atoms with E-state index in [2.05, 4.69) is 0 Å². The molecule has 0 N–H and O–H groups in total. The van der Waals surface area contributed by atoms with Crippen LogP contribution in [0.1, 0.15) is 29.4 Å². The van der Waals surface area contributed by atoms with Gasteiger partial charge in [-0.05, 0) is 18.9 Å². The average molecular weight is 283 g/mol. The molecule has 0 radical (unpaired) electrons. The standard InChI is InChI=1S/C14H12F3NO2/c15-14(16,17)13(19)10-8-18(12-6-3-7-20-12)11-5-2-1-4-9(10)11/h1-2,4-5,8,12H,3,6-7H2. The van der Waals surface area contributed by atoms with E-state index in [1.54, 1.807) is 22.8 Å². The molecule has 0 bridgehead atoms. The van der Waals surface area contributed by atoms with E-state index in [9.17, 15) is 18.0 Å². The largest absolute Gasteiger partial charge is 0.454 e. The maximum atomic E-state index is 12.7. The summed E-state index contributed by atoms with van der Waals surface area (Å²) in [5.74, 6) is -1.81. The number of para-hydroxylation sites is 1. The van der Waals surface area contributed by atoms with Crippen LogP contribution < -0.4 is 0 Å². The molecule has 6 heteroatoms. The van der Waals surface area contributed by atoms with E-state index in [1.807, 2.05) is 0 Å². The van der Waals surface area contributed by atoms with E-state index in [4.69, 9.17) is 4.74 Å². The Morgan fingerprint density at radius 2 is 2.05 bits per heavy atom. The molecule has 1 aromatic carbocycles. The first-order valence-electron chi connectivity index (χ1n) is 6.31. The monoisotopic (exact) mass is 283 g/mol. The molecule has 0 saturated carbocycles. The maximum Gasteiger partial charge on any atom is 0.454 e. The first-order valence-corrected chi connectivity index (χ1v) is 6.31. The molecular formula is C14H12F3NO2. The molecule has 106 valence electrons. The fraction of sp³-hybridized carbons (Fsp3) is 0.357. The van der Waals surface area contributed by atoms with Crippen molar-refractivity contribution >= 4 is 16.7 Å². The molecule has 0 aliphatic carbocycles. The first kappa shape index (κ1) is 13.2. The van der Waals surface area contributed by atoms with Crippen molar-refractivity contribution in [3.05, 3.63) is 36.0 Å². The molecule has 0 spiro atoms. The summed E-state index contributed by atoms with van der Waals surface area (Å²) in [4.78, 5) is 11.5. The van der Waals surface area contributed by atoms with Gasteiger partial charge in [-0.3, -0.25) is 4.79 Å². The van der Waals surface area contributed by atoms with Gasteiger partial charge in [0.15, 0.2) is 0 Å². The van der Waals surface area contributed by atoms with Crippen LogP contribution in [-0.4, -0.2) is 23.1 Å². The molecule has 20 heavy (non-hydrogen) atoms. The zero-order valence-corrected chi connectivity index (χ0v) is 10.5. The highest BCUT2D eigenvalue weighted by Crippen LogP contribution is 2.33. The third kappa shape index (κ3) is 2.10. The molecule has 2 heterocycles. The minimum absolute atomic E-state index is 0.297. The van der Waals surface area contributed by atoms with E-state index in [-0.39, 0.29) is 11.8 Å². The molecule has 2 aromatic rings. The number of rotatable bonds is 2. The quantitative estimate of drug-likeness (QED) is 0.787. The van der Waals surface area contributed by atoms with Crippen LogP contribution in [0.15, 0.2) is 30.5 Å². The van der Waals surface area contributed by atoms with Crippen LogP contribution in [0.2, 0.25) is 0 Å². The van der Waals surface area contributed by atoms with Gasteiger partial charge in [0, 0.05) is 18.2 Å². The Hall–Kier alpha value is -1.82. The number of hydrogen-bond donors (Lipinski definition) is 0. The molecular weight excluding hydrogens is 271 g/mol. The van der Waals surface area contributed by atoms with E-state index in [0.29, 0.717) is 17.5 Å². The molecule has 0 amide bonds. The van der Waals surface area contributed by atoms with Crippen molar-refractivity contribution in [3.63, 3.8) is 0 Å². The number of alkyl halides is 3. The number of halogens is 3. The Kier molecular flexibility index (Phi) is 3.05. The summed E-state index contributed by atoms with van der Waals surface area (Å²) >= 11 is 0. The topological polar surface area (TPSA) is 31.2 Å². The fourth-order valence-corrected chi connectivity index (χ4v) is 2.56. The van der Waals surface area contributed by atoms with E-state index >= 15 is 0 Å². The highest BCUT2D eigenvalue weighted by Gasteiger charge is 2.41. The van der Waals surface area contributed by atoms with Crippen LogP contribution in [0.3, 0.4) is 0 Å². The van der Waals surface area contributed by atoms with Gasteiger partial charge in [0.2, 0.25) is 0 Å². The van der Waals surface area contributed by atoms with Gasteiger partial charge in [0.05, 0.1) is 11.1 Å². The second kappa shape index (κ2) is 4.63. The summed E-state index contributed by atoms with van der Waals surface area (Å²) < 4.78 is 45.1. The zero-order chi connectivity index (χ0) is 14.3. The lowest BCUT2D eigenvalue weighted by Gasteiger charge is -2.12. The van der Waals surface area contributed by atoms with Crippen molar-refractivity contribution in [2.45, 2.75) is 25.2 Å². The number of ether oxygens (including phenoxy) is 1. The van der Waals surface area contributed by atoms with Crippen LogP contribution in [0.5, 0.6) is 0 Å². The summed E-state index contributed by atoms with van der Waals surface area (Å²) in [5, 5.41) is 0.310. The minimum atomic E-state index is -4.87. The molecule has 1 atom stereocenters. The number of Topliss-reactive ketones (excluding diaryl/α,β-unsaturated/α-hetero) is 1. The Labute approximate surface area is 112 Å². The fourth-order valence-electron chi connectivity index (χ4n) is 2.56. The van der Waals surface area contributed by atoms with Crippen LogP contribution in [0.25, 0.3) is 10.9 Å². The van der Waals surface area contributed by atoms with Gasteiger partial charge >= 0.3 is 6.18 Å². The second-order valence-corrected chi connectivity index (χ2v) is 4.76. The molecule has 1 aromatic heterocycles. The van der Waals surface area contributed by atoms with Gasteiger partial charge in [-0.2, -0.15) is 13.2 Å². The van der Waals surface area contributed by atoms with Crippen molar-refractivity contribution < 1.29 is 22.7 Å². The number of carbonyl (C=O) groups excluding carboxylic acids is 1. The molecule has 3 rings (SSSR count). The van der Waals surface area contributed by atoms with Gasteiger partial charge in [-0.25, -0.2) is 0 Å². The second-order valence-electron chi connectivity index (χ2n) is 4.76. The van der Waals surface area contributed by atoms with Crippen molar-refractivity contribution in [2.24, 2.45) is 0 Å². The highest BCUT2D eigenvalue weighted by molar-refractivity contribution is 6.10. The van der Waals surface area contributed by atoms with E-state index < -0.39 is 12.0 Å². The first-order chi connectivity index (χ1) is 9.48. The molecule has 3 nitrogen and oxygen atoms in total. The van der Waals surface area contributed by atoms with Gasteiger partial charge < -0.3 is 9.30 Å². The zero-order valence-electron chi connectivity index (χ0n) is 10.5. The molecule has 1 unspecified atom stereocenters. The van der Waals surface area contributed by atoms with E-state index in [1.165, 1.54) is 12.3 Å². The van der Waals surface area contributed by atoms with Gasteiger partial charge in [-0.15, -0.1) is 0 Å². The number of carbonyl (C=O) groups is 1. The molecule has 1 saturated heterocycles. The van der Waals surface area contributed by atoms with Crippen LogP contribution in [0, 0.1) is 0 Å². The number of nitrogens with zero attached hydrogens (tertiary/aromatic N) is 1. The van der Waals surface area contributed by atoms with Crippen molar-refractivity contribution in [1.82, 2.24) is 4.57 Å². The summed E-state index contributed by atoms with van der Waals surface area (Å²) in [6.07, 6.45) is -2.31. The van der Waals surface area contributed by atoms with Crippen LogP contribution in [-0.2, 0) is 4.74 Å². The lowest BCUT2D eigenvalue weighted by atomic mass is 10.1. The number of hydrogen-bond acceptors (Lipinski definition) is 2. The Morgan fingerprint density at radius 1 is 1.30 bits per heavy atom. The van der Waals surface area contributed by atoms with E-state index in [0.717, 1.165) is 12.8 Å². The summed E-state index contributed by atoms with van der Waals surface area (Å²) in [7, 11) is 0. The predicted molar refractivity (Wildman–Crippen MR) is 66.5 cm³/mol. The van der Waals surface area contributed by atoms with Crippen LogP contribution >= 0.6 is 0 Å². The van der Waals surface area contributed by atoms with Crippen LogP contribution in [0.4, 0.5) is 13.2 Å². The third-order valence-corrected chi connectivity index (χ3v) is 3.46. The number of aromatic nitrogens is 1. The SMILES string of the molecule is O=C(c1cn(C2CCCO2)c2ccccc12)C(F)(F)F. The summed E-state index contributed by atoms with van der Waals surface area (Å²) in [6.45, 7) is 0.583. The predicted octanol–water partition coefficient (Wildman–Crippen LogP) is 3.70. The van der Waals surface area contributed by atoms with Crippen molar-refractivity contribution in [2.75, 3.05) is 6.61 Å². The van der Waals surface area contributed by atoms with Crippen molar-refractivity contribution in [1.29, 1.82) is 0 Å². The lowest BCUT2D eigenvalue weighted by Crippen LogP contribution is -2.22. The number of ketones is 1. The maximum absolute atomic E-state index is 12.7. The Bertz CT molecular complexity index is 654. The third-order valence-electron chi connectivity index (χ3n) is 3.46. The average Bonchev–Trinajstić information content (AvgIpc) is 3.03. The van der Waals surface area contributed by atoms with Gasteiger partial charge in [0.25, 0.3) is 5.78 Å². The highest BCUT2D eigenvalue weighted by atomic mass is 19.4. The summed E-state index contributed by atoms with van der Waals surface area (Å²) in [5.41, 5.74) is 0.274. The molecule has 1 aliphatic rings. The smallest absolute Gasteiger partial charge is 0.358 e.